The maximum Gasteiger partial charge on any atom is 0.224 e. The molecule has 1 N–H and O–H groups in total. The Kier molecular flexibility index (Phi) is 5.17. The van der Waals surface area contributed by atoms with Gasteiger partial charge in [0.05, 0.1) is 4.47 Å². The number of anilines is 1. The summed E-state index contributed by atoms with van der Waals surface area (Å²) in [4.78, 5) is 8.97. The molecule has 2 aromatic rings. The van der Waals surface area contributed by atoms with Gasteiger partial charge in [-0.25, -0.2) is 4.98 Å². The first-order valence-corrected chi connectivity index (χ1v) is 7.85. The fraction of sp³-hybridized carbons (Fsp3) is 0.375. The van der Waals surface area contributed by atoms with Crippen molar-refractivity contribution in [3.8, 4) is 11.6 Å². The van der Waals surface area contributed by atoms with Crippen LogP contribution in [-0.4, -0.2) is 16.5 Å². The summed E-state index contributed by atoms with van der Waals surface area (Å²) in [5.41, 5.74) is 1.17. The van der Waals surface area contributed by atoms with Crippen molar-refractivity contribution in [3.05, 3.63) is 40.1 Å². The molecule has 4 nitrogen and oxygen atoms in total. The van der Waals surface area contributed by atoms with Crippen molar-refractivity contribution < 1.29 is 4.74 Å². The lowest BCUT2D eigenvalue weighted by molar-refractivity contribution is 0.454. The van der Waals surface area contributed by atoms with Gasteiger partial charge >= 0.3 is 0 Å². The van der Waals surface area contributed by atoms with Crippen molar-refractivity contribution >= 4 is 21.7 Å². The van der Waals surface area contributed by atoms with Crippen molar-refractivity contribution in [3.63, 3.8) is 0 Å². The first-order chi connectivity index (χ1) is 9.99. The van der Waals surface area contributed by atoms with E-state index in [1.165, 1.54) is 5.56 Å². The van der Waals surface area contributed by atoms with E-state index in [1.807, 2.05) is 38.1 Å². The molecule has 0 atom stereocenters. The van der Waals surface area contributed by atoms with Gasteiger partial charge in [-0.1, -0.05) is 19.9 Å². The zero-order chi connectivity index (χ0) is 15.4. The van der Waals surface area contributed by atoms with Crippen molar-refractivity contribution in [2.75, 3.05) is 11.9 Å². The molecule has 0 spiro atoms. The largest absolute Gasteiger partial charge is 0.438 e. The average Bonchev–Trinajstić information content (AvgIpc) is 2.42. The molecule has 0 saturated heterocycles. The van der Waals surface area contributed by atoms with Crippen molar-refractivity contribution in [1.82, 2.24) is 9.97 Å². The van der Waals surface area contributed by atoms with Crippen LogP contribution in [0.1, 0.15) is 38.1 Å². The predicted octanol–water partition coefficient (Wildman–Crippen LogP) is 4.90. The second-order valence-electron chi connectivity index (χ2n) is 5.17. The second kappa shape index (κ2) is 6.89. The van der Waals surface area contributed by atoms with Crippen LogP contribution in [0.5, 0.6) is 11.6 Å². The van der Waals surface area contributed by atoms with Gasteiger partial charge in [0, 0.05) is 18.5 Å². The molecular formula is C16H20BrN3O. The maximum absolute atomic E-state index is 5.90. The minimum Gasteiger partial charge on any atom is -0.438 e. The first kappa shape index (κ1) is 15.8. The summed E-state index contributed by atoms with van der Waals surface area (Å²) in [5.74, 6) is 3.10. The Bertz CT molecular complexity index is 629. The van der Waals surface area contributed by atoms with Crippen LogP contribution < -0.4 is 10.1 Å². The molecule has 0 aliphatic heterocycles. The number of nitrogens with zero attached hydrogens (tertiary/aromatic N) is 2. The molecule has 0 unspecified atom stereocenters. The minimum atomic E-state index is 0.243. The molecule has 2 rings (SSSR count). The molecule has 0 bridgehead atoms. The van der Waals surface area contributed by atoms with Gasteiger partial charge in [0.15, 0.2) is 0 Å². The Labute approximate surface area is 134 Å². The lowest BCUT2D eigenvalue weighted by atomic mass is 10.2. The van der Waals surface area contributed by atoms with E-state index in [1.54, 1.807) is 0 Å². The number of ether oxygens (including phenoxy) is 1. The molecule has 1 heterocycles. The highest BCUT2D eigenvalue weighted by Gasteiger charge is 2.10. The first-order valence-electron chi connectivity index (χ1n) is 7.06. The summed E-state index contributed by atoms with van der Waals surface area (Å²) in [6.07, 6.45) is 0. The van der Waals surface area contributed by atoms with Crippen LogP contribution in [0, 0.1) is 6.92 Å². The van der Waals surface area contributed by atoms with E-state index >= 15 is 0 Å². The number of aryl methyl sites for hydroxylation is 1. The molecule has 21 heavy (non-hydrogen) atoms. The highest BCUT2D eigenvalue weighted by atomic mass is 79.9. The molecule has 1 aromatic carbocycles. The molecule has 0 radical (unpaired) electrons. The third-order valence-electron chi connectivity index (χ3n) is 2.90. The zero-order valence-corrected chi connectivity index (χ0v) is 14.4. The highest BCUT2D eigenvalue weighted by Crippen LogP contribution is 2.30. The summed E-state index contributed by atoms with van der Waals surface area (Å²) in [5, 5.41) is 3.21. The second-order valence-corrected chi connectivity index (χ2v) is 6.02. The van der Waals surface area contributed by atoms with E-state index in [4.69, 9.17) is 4.74 Å². The molecule has 0 amide bonds. The number of rotatable bonds is 5. The van der Waals surface area contributed by atoms with E-state index in [2.05, 4.69) is 45.1 Å². The monoisotopic (exact) mass is 349 g/mol. The summed E-state index contributed by atoms with van der Waals surface area (Å²) < 4.78 is 6.82. The summed E-state index contributed by atoms with van der Waals surface area (Å²) in [6, 6.07) is 7.78. The van der Waals surface area contributed by atoms with Crippen molar-refractivity contribution in [1.29, 1.82) is 0 Å². The van der Waals surface area contributed by atoms with Crippen LogP contribution in [0.25, 0.3) is 0 Å². The standard InChI is InChI=1S/C16H20BrN3O/c1-5-18-14-9-15(20-16(19-14)10(2)3)21-13-7-6-11(4)8-12(13)17/h6-10H,5H2,1-4H3,(H,18,19,20). The van der Waals surface area contributed by atoms with E-state index in [0.717, 1.165) is 28.4 Å². The van der Waals surface area contributed by atoms with Crippen LogP contribution in [0.15, 0.2) is 28.7 Å². The van der Waals surface area contributed by atoms with Crippen LogP contribution >= 0.6 is 15.9 Å². The van der Waals surface area contributed by atoms with Crippen LogP contribution in [0.4, 0.5) is 5.82 Å². The van der Waals surface area contributed by atoms with Gasteiger partial charge in [-0.15, -0.1) is 0 Å². The van der Waals surface area contributed by atoms with Gasteiger partial charge in [-0.3, -0.25) is 0 Å². The van der Waals surface area contributed by atoms with Gasteiger partial charge in [-0.2, -0.15) is 4.98 Å². The topological polar surface area (TPSA) is 47.0 Å². The Morgan fingerprint density at radius 1 is 1.24 bits per heavy atom. The zero-order valence-electron chi connectivity index (χ0n) is 12.8. The van der Waals surface area contributed by atoms with E-state index in [-0.39, 0.29) is 5.92 Å². The predicted molar refractivity (Wildman–Crippen MR) is 89.2 cm³/mol. The van der Waals surface area contributed by atoms with Gasteiger partial charge in [-0.05, 0) is 47.5 Å². The van der Waals surface area contributed by atoms with Crippen molar-refractivity contribution in [2.24, 2.45) is 0 Å². The Hall–Kier alpha value is -1.62. The molecule has 0 saturated carbocycles. The van der Waals surface area contributed by atoms with Crippen LogP contribution in [0.2, 0.25) is 0 Å². The third-order valence-corrected chi connectivity index (χ3v) is 3.52. The molecule has 0 aliphatic rings. The number of halogens is 1. The molecule has 5 heteroatoms. The van der Waals surface area contributed by atoms with E-state index in [0.29, 0.717) is 5.88 Å². The fourth-order valence-corrected chi connectivity index (χ4v) is 2.40. The number of nitrogens with one attached hydrogen (secondary N) is 1. The Morgan fingerprint density at radius 2 is 2.00 bits per heavy atom. The fourth-order valence-electron chi connectivity index (χ4n) is 1.83. The average molecular weight is 350 g/mol. The molecule has 112 valence electrons. The quantitative estimate of drug-likeness (QED) is 0.834. The molecule has 1 aromatic heterocycles. The Morgan fingerprint density at radius 3 is 2.62 bits per heavy atom. The normalized spacial score (nSPS) is 10.8. The smallest absolute Gasteiger partial charge is 0.224 e. The summed E-state index contributed by atoms with van der Waals surface area (Å²) in [7, 11) is 0. The van der Waals surface area contributed by atoms with E-state index < -0.39 is 0 Å². The summed E-state index contributed by atoms with van der Waals surface area (Å²) >= 11 is 3.52. The number of benzene rings is 1. The number of hydrogen-bond donors (Lipinski definition) is 1. The molecule has 0 aliphatic carbocycles. The maximum atomic E-state index is 5.90. The SMILES string of the molecule is CCNc1cc(Oc2ccc(C)cc2Br)nc(C(C)C)n1. The number of aromatic nitrogens is 2. The molecular weight excluding hydrogens is 330 g/mol. The summed E-state index contributed by atoms with van der Waals surface area (Å²) in [6.45, 7) is 9.02. The molecule has 0 fully saturated rings. The lowest BCUT2D eigenvalue weighted by Gasteiger charge is -2.12. The van der Waals surface area contributed by atoms with Gasteiger partial charge < -0.3 is 10.1 Å². The minimum absolute atomic E-state index is 0.243. The number of hydrogen-bond acceptors (Lipinski definition) is 4. The van der Waals surface area contributed by atoms with Crippen molar-refractivity contribution in [2.45, 2.75) is 33.6 Å². The van der Waals surface area contributed by atoms with Gasteiger partial charge in [0.1, 0.15) is 17.4 Å². The van der Waals surface area contributed by atoms with Crippen LogP contribution in [0.3, 0.4) is 0 Å². The van der Waals surface area contributed by atoms with Crippen LogP contribution in [-0.2, 0) is 0 Å². The van der Waals surface area contributed by atoms with Gasteiger partial charge in [0.2, 0.25) is 5.88 Å². The highest BCUT2D eigenvalue weighted by molar-refractivity contribution is 9.10. The third kappa shape index (κ3) is 4.17. The van der Waals surface area contributed by atoms with E-state index in [9.17, 15) is 0 Å². The van der Waals surface area contributed by atoms with Gasteiger partial charge in [0.25, 0.3) is 0 Å². The lowest BCUT2D eigenvalue weighted by Crippen LogP contribution is -2.06. The Balaban J connectivity index is 2.33.